The fourth-order valence-corrected chi connectivity index (χ4v) is 3.52. The van der Waals surface area contributed by atoms with Gasteiger partial charge in [0.05, 0.1) is 0 Å². The molecule has 0 aliphatic rings. The van der Waals surface area contributed by atoms with E-state index in [2.05, 4.69) is 33.9 Å². The molecule has 0 saturated carbocycles. The highest BCUT2D eigenvalue weighted by molar-refractivity contribution is 8.13. The highest BCUT2D eigenvalue weighted by atomic mass is 32.2. The number of thioether (sulfide) groups is 1. The zero-order chi connectivity index (χ0) is 14.7. The van der Waals surface area contributed by atoms with Crippen LogP contribution in [0.15, 0.2) is 35.2 Å². The normalized spacial score (nSPS) is 14.2. The third-order valence-corrected chi connectivity index (χ3v) is 9.17. The Labute approximate surface area is 122 Å². The van der Waals surface area contributed by atoms with Crippen molar-refractivity contribution in [2.75, 3.05) is 0 Å². The topological polar surface area (TPSA) is 26.3 Å². The first kappa shape index (κ1) is 16.5. The average molecular weight is 297 g/mol. The van der Waals surface area contributed by atoms with E-state index in [4.69, 9.17) is 4.43 Å². The molecule has 4 heteroatoms. The maximum atomic E-state index is 12.2. The highest BCUT2D eigenvalue weighted by Crippen LogP contribution is 2.38. The molecule has 0 bridgehead atoms. The monoisotopic (exact) mass is 296 g/mol. The summed E-state index contributed by atoms with van der Waals surface area (Å²) in [5.41, 5.74) is 0. The van der Waals surface area contributed by atoms with E-state index in [1.165, 1.54) is 11.8 Å². The molecule has 1 aromatic rings. The van der Waals surface area contributed by atoms with Gasteiger partial charge in [-0.25, -0.2) is 0 Å². The molecular weight excluding hydrogens is 272 g/mol. The van der Waals surface area contributed by atoms with E-state index in [-0.39, 0.29) is 16.3 Å². The van der Waals surface area contributed by atoms with Crippen molar-refractivity contribution in [3.8, 4) is 0 Å². The minimum Gasteiger partial charge on any atom is -0.406 e. The fourth-order valence-electron chi connectivity index (χ4n) is 1.35. The van der Waals surface area contributed by atoms with Crippen LogP contribution in [0.5, 0.6) is 0 Å². The smallest absolute Gasteiger partial charge is 0.220 e. The Morgan fingerprint density at radius 1 is 1.21 bits per heavy atom. The number of hydrogen-bond acceptors (Lipinski definition) is 3. The van der Waals surface area contributed by atoms with Gasteiger partial charge in [0.2, 0.25) is 5.12 Å². The van der Waals surface area contributed by atoms with Crippen molar-refractivity contribution in [1.29, 1.82) is 0 Å². The minimum absolute atomic E-state index is 0.0797. The molecule has 1 aromatic carbocycles. The van der Waals surface area contributed by atoms with E-state index >= 15 is 0 Å². The van der Waals surface area contributed by atoms with E-state index in [9.17, 15) is 4.79 Å². The number of carbonyl (C=O) groups is 1. The summed E-state index contributed by atoms with van der Waals surface area (Å²) in [6.07, 6.45) is -0.355. The Morgan fingerprint density at radius 2 is 1.74 bits per heavy atom. The molecular formula is C15H24O2SSi. The van der Waals surface area contributed by atoms with E-state index in [0.29, 0.717) is 0 Å². The van der Waals surface area contributed by atoms with E-state index < -0.39 is 8.32 Å². The van der Waals surface area contributed by atoms with Crippen LogP contribution in [0.1, 0.15) is 27.7 Å². The van der Waals surface area contributed by atoms with Crippen molar-refractivity contribution >= 4 is 25.2 Å². The molecule has 0 aromatic heterocycles. The van der Waals surface area contributed by atoms with Gasteiger partial charge >= 0.3 is 0 Å². The van der Waals surface area contributed by atoms with Gasteiger partial charge in [-0.15, -0.1) is 0 Å². The molecule has 0 unspecified atom stereocenters. The van der Waals surface area contributed by atoms with Crippen LogP contribution in [0.2, 0.25) is 18.1 Å². The van der Waals surface area contributed by atoms with Crippen LogP contribution in [0, 0.1) is 0 Å². The van der Waals surface area contributed by atoms with Gasteiger partial charge in [-0.2, -0.15) is 0 Å². The molecule has 0 heterocycles. The summed E-state index contributed by atoms with van der Waals surface area (Å²) in [7, 11) is -1.88. The molecule has 0 amide bonds. The molecule has 0 radical (unpaired) electrons. The van der Waals surface area contributed by atoms with Gasteiger partial charge in [0.25, 0.3) is 0 Å². The van der Waals surface area contributed by atoms with Gasteiger partial charge in [-0.05, 0) is 49.0 Å². The molecule has 1 rings (SSSR count). The van der Waals surface area contributed by atoms with Crippen molar-refractivity contribution < 1.29 is 9.22 Å². The molecule has 0 spiro atoms. The predicted octanol–water partition coefficient (Wildman–Crippen LogP) is 4.72. The second-order valence-electron chi connectivity index (χ2n) is 6.25. The third-order valence-electron chi connectivity index (χ3n) is 3.57. The Bertz CT molecular complexity index is 424. The van der Waals surface area contributed by atoms with Gasteiger partial charge in [0.15, 0.2) is 8.32 Å². The van der Waals surface area contributed by atoms with Crippen molar-refractivity contribution in [1.82, 2.24) is 0 Å². The summed E-state index contributed by atoms with van der Waals surface area (Å²) in [4.78, 5) is 13.1. The predicted molar refractivity (Wildman–Crippen MR) is 85.1 cm³/mol. The van der Waals surface area contributed by atoms with Crippen LogP contribution in [0.3, 0.4) is 0 Å². The lowest BCUT2D eigenvalue weighted by atomic mass is 10.2. The van der Waals surface area contributed by atoms with Crippen molar-refractivity contribution in [2.45, 2.75) is 56.8 Å². The summed E-state index contributed by atoms with van der Waals surface area (Å²) < 4.78 is 6.10. The van der Waals surface area contributed by atoms with Gasteiger partial charge in [0.1, 0.15) is 6.10 Å². The van der Waals surface area contributed by atoms with Crippen LogP contribution in [0.25, 0.3) is 0 Å². The average Bonchev–Trinajstić information content (AvgIpc) is 2.28. The van der Waals surface area contributed by atoms with Gasteiger partial charge in [-0.3, -0.25) is 4.79 Å². The highest BCUT2D eigenvalue weighted by Gasteiger charge is 2.39. The second kappa shape index (κ2) is 6.24. The van der Waals surface area contributed by atoms with Gasteiger partial charge in [0, 0.05) is 4.90 Å². The molecule has 106 valence electrons. The molecule has 1 atom stereocenters. The zero-order valence-corrected chi connectivity index (χ0v) is 14.5. The van der Waals surface area contributed by atoms with Crippen LogP contribution in [-0.2, 0) is 9.22 Å². The Hall–Kier alpha value is -0.583. The molecule has 0 N–H and O–H groups in total. The van der Waals surface area contributed by atoms with E-state index in [1.807, 2.05) is 37.3 Å². The Morgan fingerprint density at radius 3 is 2.21 bits per heavy atom. The molecule has 0 saturated heterocycles. The molecule has 0 fully saturated rings. The summed E-state index contributed by atoms with van der Waals surface area (Å²) in [6.45, 7) is 12.7. The van der Waals surface area contributed by atoms with Crippen LogP contribution in [0.4, 0.5) is 0 Å². The lowest BCUT2D eigenvalue weighted by Crippen LogP contribution is -2.44. The molecule has 0 aliphatic carbocycles. The number of carbonyl (C=O) groups excluding carboxylic acids is 1. The van der Waals surface area contributed by atoms with Gasteiger partial charge < -0.3 is 4.43 Å². The van der Waals surface area contributed by atoms with E-state index in [0.717, 1.165) is 4.90 Å². The molecule has 0 aliphatic heterocycles. The molecule has 19 heavy (non-hydrogen) atoms. The largest absolute Gasteiger partial charge is 0.406 e. The fraction of sp³-hybridized carbons (Fsp3) is 0.533. The summed E-state index contributed by atoms with van der Waals surface area (Å²) in [5, 5.41) is 0.204. The van der Waals surface area contributed by atoms with Crippen LogP contribution in [-0.4, -0.2) is 19.5 Å². The third kappa shape index (κ3) is 4.78. The van der Waals surface area contributed by atoms with Crippen molar-refractivity contribution in [3.63, 3.8) is 0 Å². The second-order valence-corrected chi connectivity index (χ2v) is 12.1. The Kier molecular flexibility index (Phi) is 5.41. The summed E-state index contributed by atoms with van der Waals surface area (Å²) in [6, 6.07) is 9.72. The van der Waals surface area contributed by atoms with Crippen molar-refractivity contribution in [2.24, 2.45) is 0 Å². The van der Waals surface area contributed by atoms with Gasteiger partial charge in [-0.1, -0.05) is 39.0 Å². The first-order chi connectivity index (χ1) is 8.63. The quantitative estimate of drug-likeness (QED) is 0.594. The first-order valence-corrected chi connectivity index (χ1v) is 10.3. The SMILES string of the molecule is C[C@H](O[Si](C)(C)C(C)(C)C)C(=O)Sc1ccccc1. The Balaban J connectivity index is 2.64. The maximum Gasteiger partial charge on any atom is 0.220 e. The maximum absolute atomic E-state index is 12.2. The number of hydrogen-bond donors (Lipinski definition) is 0. The van der Waals surface area contributed by atoms with Crippen molar-refractivity contribution in [3.05, 3.63) is 30.3 Å². The van der Waals surface area contributed by atoms with Crippen LogP contribution >= 0.6 is 11.8 Å². The summed E-state index contributed by atoms with van der Waals surface area (Å²) >= 11 is 1.26. The standard InChI is InChI=1S/C15H24O2SSi/c1-12(17-19(5,6)15(2,3)4)14(16)18-13-10-8-7-9-11-13/h7-12H,1-6H3/t12-/m0/s1. The lowest BCUT2D eigenvalue weighted by Gasteiger charge is -2.37. The lowest BCUT2D eigenvalue weighted by molar-refractivity contribution is -0.116. The number of rotatable bonds is 4. The minimum atomic E-state index is -1.88. The first-order valence-electron chi connectivity index (χ1n) is 6.58. The summed E-state index contributed by atoms with van der Waals surface area (Å²) in [5.74, 6) is 0. The zero-order valence-electron chi connectivity index (χ0n) is 12.7. The van der Waals surface area contributed by atoms with Crippen LogP contribution < -0.4 is 0 Å². The number of benzene rings is 1. The molecule has 2 nitrogen and oxygen atoms in total. The van der Waals surface area contributed by atoms with E-state index in [1.54, 1.807) is 0 Å².